The molecule has 100 valence electrons. The number of nitrogens with two attached hydrogens (primary N) is 1. The van der Waals surface area contributed by atoms with E-state index in [4.69, 9.17) is 10.5 Å². The molecular formula is C12H18BrN3O2. The number of aromatic nitrogens is 2. The van der Waals surface area contributed by atoms with Gasteiger partial charge in [0.05, 0.1) is 29.3 Å². The molecule has 0 aliphatic carbocycles. The highest BCUT2D eigenvalue weighted by atomic mass is 79.9. The monoisotopic (exact) mass is 315 g/mol. The molecule has 0 aromatic carbocycles. The Balaban J connectivity index is 2.36. The van der Waals surface area contributed by atoms with Crippen LogP contribution in [0.25, 0.3) is 0 Å². The minimum Gasteiger partial charge on any atom is -0.379 e. The average Bonchev–Trinajstić information content (AvgIpc) is 2.85. The summed E-state index contributed by atoms with van der Waals surface area (Å²) in [4.78, 5) is 12.7. The molecule has 0 amide bonds. The molecule has 2 atom stereocenters. The van der Waals surface area contributed by atoms with Gasteiger partial charge >= 0.3 is 0 Å². The summed E-state index contributed by atoms with van der Waals surface area (Å²) in [6.07, 6.45) is 2.58. The van der Waals surface area contributed by atoms with Gasteiger partial charge in [0.2, 0.25) is 0 Å². The van der Waals surface area contributed by atoms with Crippen molar-refractivity contribution in [1.29, 1.82) is 0 Å². The van der Waals surface area contributed by atoms with Crippen LogP contribution in [0.1, 0.15) is 30.8 Å². The van der Waals surface area contributed by atoms with Crippen LogP contribution in [0.15, 0.2) is 10.7 Å². The summed E-state index contributed by atoms with van der Waals surface area (Å²) >= 11 is 3.39. The lowest BCUT2D eigenvalue weighted by Crippen LogP contribution is -2.45. The van der Waals surface area contributed by atoms with Gasteiger partial charge < -0.3 is 10.5 Å². The number of hydrogen-bond donors (Lipinski definition) is 1. The van der Waals surface area contributed by atoms with Crippen LogP contribution in [0, 0.1) is 5.41 Å². The molecule has 2 N–H and O–H groups in total. The van der Waals surface area contributed by atoms with E-state index in [1.165, 1.54) is 0 Å². The molecule has 2 heterocycles. The van der Waals surface area contributed by atoms with Crippen molar-refractivity contribution in [2.24, 2.45) is 11.1 Å². The number of hydrogen-bond acceptors (Lipinski definition) is 4. The first-order chi connectivity index (χ1) is 8.50. The van der Waals surface area contributed by atoms with E-state index in [0.717, 1.165) is 17.4 Å². The highest BCUT2D eigenvalue weighted by Gasteiger charge is 2.46. The number of halogens is 1. The van der Waals surface area contributed by atoms with Crippen molar-refractivity contribution in [2.75, 3.05) is 13.2 Å². The SMILES string of the molecule is CCCn1ncc(Br)c1C(=O)C1(C)COCC1N. The van der Waals surface area contributed by atoms with Crippen molar-refractivity contribution in [3.63, 3.8) is 0 Å². The van der Waals surface area contributed by atoms with E-state index in [1.54, 1.807) is 10.9 Å². The van der Waals surface area contributed by atoms with Crippen LogP contribution in [-0.2, 0) is 11.3 Å². The Hall–Kier alpha value is -0.720. The molecule has 2 unspecified atom stereocenters. The number of aryl methyl sites for hydroxylation is 1. The molecule has 18 heavy (non-hydrogen) atoms. The summed E-state index contributed by atoms with van der Waals surface area (Å²) in [5, 5.41) is 4.22. The first kappa shape index (κ1) is 13.7. The fourth-order valence-corrected chi connectivity index (χ4v) is 2.64. The molecule has 1 aromatic rings. The van der Waals surface area contributed by atoms with Gasteiger partial charge in [0.15, 0.2) is 5.78 Å². The first-order valence-electron chi connectivity index (χ1n) is 6.10. The lowest BCUT2D eigenvalue weighted by atomic mass is 9.80. The maximum absolute atomic E-state index is 12.7. The summed E-state index contributed by atoms with van der Waals surface area (Å²) in [6, 6.07) is -0.262. The zero-order chi connectivity index (χ0) is 13.3. The molecule has 0 radical (unpaired) electrons. The summed E-state index contributed by atoms with van der Waals surface area (Å²) in [5.74, 6) is 0.00493. The summed E-state index contributed by atoms with van der Waals surface area (Å²) in [7, 11) is 0. The Bertz CT molecular complexity index is 460. The van der Waals surface area contributed by atoms with Gasteiger partial charge in [-0.25, -0.2) is 0 Å². The number of ketones is 1. The standard InChI is InChI=1S/C12H18BrN3O2/c1-3-4-16-10(8(13)5-15-16)11(17)12(2)7-18-6-9(12)14/h5,9H,3-4,6-7,14H2,1-2H3. The fraction of sp³-hybridized carbons (Fsp3) is 0.667. The number of Topliss-reactive ketones (excluding diaryl/α,β-unsaturated/α-hetero) is 1. The predicted molar refractivity (Wildman–Crippen MR) is 71.4 cm³/mol. The Morgan fingerprint density at radius 3 is 3.06 bits per heavy atom. The largest absolute Gasteiger partial charge is 0.379 e. The third-order valence-electron chi connectivity index (χ3n) is 3.48. The second-order valence-corrected chi connectivity index (χ2v) is 5.79. The lowest BCUT2D eigenvalue weighted by Gasteiger charge is -2.25. The normalized spacial score (nSPS) is 27.7. The van der Waals surface area contributed by atoms with Gasteiger partial charge in [-0.3, -0.25) is 9.48 Å². The molecule has 1 aromatic heterocycles. The Morgan fingerprint density at radius 1 is 1.78 bits per heavy atom. The number of nitrogens with zero attached hydrogens (tertiary/aromatic N) is 2. The molecule has 1 saturated heterocycles. The quantitative estimate of drug-likeness (QED) is 0.857. The van der Waals surface area contributed by atoms with Crippen molar-refractivity contribution < 1.29 is 9.53 Å². The number of carbonyl (C=O) groups excluding carboxylic acids is 1. The minimum atomic E-state index is -0.659. The molecule has 1 fully saturated rings. The van der Waals surface area contributed by atoms with Crippen LogP contribution >= 0.6 is 15.9 Å². The zero-order valence-electron chi connectivity index (χ0n) is 10.6. The maximum Gasteiger partial charge on any atom is 0.191 e. The molecule has 6 heteroatoms. The molecule has 5 nitrogen and oxygen atoms in total. The van der Waals surface area contributed by atoms with Crippen LogP contribution in [0.2, 0.25) is 0 Å². The zero-order valence-corrected chi connectivity index (χ0v) is 12.2. The van der Waals surface area contributed by atoms with Gasteiger partial charge in [-0.2, -0.15) is 5.10 Å². The lowest BCUT2D eigenvalue weighted by molar-refractivity contribution is 0.0754. The van der Waals surface area contributed by atoms with Crippen molar-refractivity contribution in [1.82, 2.24) is 9.78 Å². The Morgan fingerprint density at radius 2 is 2.50 bits per heavy atom. The van der Waals surface area contributed by atoms with Crippen molar-refractivity contribution in [3.05, 3.63) is 16.4 Å². The van der Waals surface area contributed by atoms with Crippen molar-refractivity contribution >= 4 is 21.7 Å². The van der Waals surface area contributed by atoms with Gasteiger partial charge in [0, 0.05) is 12.6 Å². The van der Waals surface area contributed by atoms with Gasteiger partial charge in [-0.1, -0.05) is 6.92 Å². The molecular weight excluding hydrogens is 298 g/mol. The van der Waals surface area contributed by atoms with Crippen LogP contribution in [-0.4, -0.2) is 34.8 Å². The molecule has 0 saturated carbocycles. The summed E-state index contributed by atoms with van der Waals surface area (Å²) in [6.45, 7) is 5.44. The van der Waals surface area contributed by atoms with E-state index in [0.29, 0.717) is 18.9 Å². The number of rotatable bonds is 4. The van der Waals surface area contributed by atoms with Gasteiger partial charge in [0.25, 0.3) is 0 Å². The van der Waals surface area contributed by atoms with E-state index in [2.05, 4.69) is 28.0 Å². The summed E-state index contributed by atoms with van der Waals surface area (Å²) in [5.41, 5.74) is 5.94. The summed E-state index contributed by atoms with van der Waals surface area (Å²) < 4.78 is 7.80. The number of carbonyl (C=O) groups is 1. The van der Waals surface area contributed by atoms with E-state index in [1.807, 2.05) is 6.92 Å². The van der Waals surface area contributed by atoms with Crippen LogP contribution in [0.4, 0.5) is 0 Å². The van der Waals surface area contributed by atoms with Gasteiger partial charge in [-0.15, -0.1) is 0 Å². The highest BCUT2D eigenvalue weighted by molar-refractivity contribution is 9.10. The van der Waals surface area contributed by atoms with Crippen LogP contribution < -0.4 is 5.73 Å². The predicted octanol–water partition coefficient (Wildman–Crippen LogP) is 1.60. The Kier molecular flexibility index (Phi) is 3.89. The molecule has 0 bridgehead atoms. The van der Waals surface area contributed by atoms with E-state index >= 15 is 0 Å². The second-order valence-electron chi connectivity index (χ2n) is 4.93. The maximum atomic E-state index is 12.7. The molecule has 2 rings (SSSR count). The smallest absolute Gasteiger partial charge is 0.191 e. The minimum absolute atomic E-state index is 0.00493. The highest BCUT2D eigenvalue weighted by Crippen LogP contribution is 2.33. The third-order valence-corrected chi connectivity index (χ3v) is 4.06. The van der Waals surface area contributed by atoms with Gasteiger partial charge in [0.1, 0.15) is 5.69 Å². The molecule has 1 aliphatic rings. The van der Waals surface area contributed by atoms with Crippen molar-refractivity contribution in [3.8, 4) is 0 Å². The first-order valence-corrected chi connectivity index (χ1v) is 6.89. The van der Waals surface area contributed by atoms with Gasteiger partial charge in [-0.05, 0) is 29.3 Å². The molecule has 1 aliphatic heterocycles. The average molecular weight is 316 g/mol. The van der Waals surface area contributed by atoms with E-state index in [-0.39, 0.29) is 11.8 Å². The van der Waals surface area contributed by atoms with Crippen LogP contribution in [0.3, 0.4) is 0 Å². The topological polar surface area (TPSA) is 70.1 Å². The van der Waals surface area contributed by atoms with Crippen LogP contribution in [0.5, 0.6) is 0 Å². The van der Waals surface area contributed by atoms with Crippen molar-refractivity contribution in [2.45, 2.75) is 32.9 Å². The van der Waals surface area contributed by atoms with E-state index < -0.39 is 5.41 Å². The third kappa shape index (κ3) is 2.13. The second kappa shape index (κ2) is 5.11. The fourth-order valence-electron chi connectivity index (χ4n) is 2.16. The Labute approximate surface area is 115 Å². The number of ether oxygens (including phenoxy) is 1. The van der Waals surface area contributed by atoms with E-state index in [9.17, 15) is 4.79 Å². The molecule has 0 spiro atoms.